The molecule has 10 nitrogen and oxygen atoms in total. The quantitative estimate of drug-likeness (QED) is 0.299. The van der Waals surface area contributed by atoms with Crippen LogP contribution in [0, 0.1) is 5.82 Å². The maximum atomic E-state index is 15.4. The molecule has 0 aliphatic carbocycles. The molecule has 2 saturated heterocycles. The Morgan fingerprint density at radius 2 is 1.93 bits per heavy atom. The first-order valence-corrected chi connectivity index (χ1v) is 15.4. The molecule has 216 valence electrons. The van der Waals surface area contributed by atoms with E-state index in [1.807, 2.05) is 24.3 Å². The fourth-order valence-electron chi connectivity index (χ4n) is 5.55. The number of H-pyrrole nitrogens is 1. The number of ether oxygens (including phenoxy) is 1. The molecule has 4 aromatic rings. The van der Waals surface area contributed by atoms with Gasteiger partial charge in [-0.3, -0.25) is 4.72 Å². The van der Waals surface area contributed by atoms with E-state index < -0.39 is 21.1 Å². The zero-order valence-corrected chi connectivity index (χ0v) is 23.7. The molecular formula is C29H34FN7O3S. The first-order chi connectivity index (χ1) is 19.8. The van der Waals surface area contributed by atoms with Crippen LogP contribution in [0.2, 0.25) is 0 Å². The fourth-order valence-corrected chi connectivity index (χ4v) is 6.68. The molecule has 2 atom stereocenters. The molecule has 0 saturated carbocycles. The van der Waals surface area contributed by atoms with E-state index in [1.54, 1.807) is 25.1 Å². The molecule has 0 bridgehead atoms. The molecule has 2 aliphatic heterocycles. The van der Waals surface area contributed by atoms with E-state index in [0.29, 0.717) is 48.8 Å². The largest absolute Gasteiger partial charge is 0.378 e. The Hall–Kier alpha value is -3.74. The van der Waals surface area contributed by atoms with Crippen LogP contribution in [0.5, 0.6) is 0 Å². The molecule has 2 unspecified atom stereocenters. The second-order valence-corrected chi connectivity index (χ2v) is 12.7. The smallest absolute Gasteiger partial charge is 0.239 e. The minimum absolute atomic E-state index is 0.109. The lowest BCUT2D eigenvalue weighted by molar-refractivity contribution is 0.122. The number of piperidine rings is 1. The topological polar surface area (TPSA) is 129 Å². The Morgan fingerprint density at radius 3 is 2.71 bits per heavy atom. The van der Waals surface area contributed by atoms with Crippen molar-refractivity contribution in [1.29, 1.82) is 0 Å². The number of sulfonamides is 1. The molecule has 2 aromatic heterocycles. The highest BCUT2D eigenvalue weighted by atomic mass is 32.2. The first kappa shape index (κ1) is 27.4. The van der Waals surface area contributed by atoms with Crippen molar-refractivity contribution in [3.8, 4) is 11.3 Å². The summed E-state index contributed by atoms with van der Waals surface area (Å²) in [5.74, 6) is 0.209. The number of nitrogens with two attached hydrogens (primary N) is 1. The zero-order chi connectivity index (χ0) is 28.6. The third kappa shape index (κ3) is 5.72. The second-order valence-electron chi connectivity index (χ2n) is 10.7. The van der Waals surface area contributed by atoms with Gasteiger partial charge >= 0.3 is 0 Å². The number of hydrogen-bond donors (Lipinski definition) is 3. The van der Waals surface area contributed by atoms with Crippen molar-refractivity contribution in [2.45, 2.75) is 31.1 Å². The molecule has 0 radical (unpaired) electrons. The summed E-state index contributed by atoms with van der Waals surface area (Å²) in [6.07, 6.45) is 3.48. The lowest BCUT2D eigenvalue weighted by atomic mass is 10.0. The number of aromatic amines is 1. The first-order valence-electron chi connectivity index (χ1n) is 13.9. The number of hydrogen-bond acceptors (Lipinski definition) is 8. The Kier molecular flexibility index (Phi) is 7.54. The highest BCUT2D eigenvalue weighted by Gasteiger charge is 2.25. The number of fused-ring (bicyclic) bond motifs is 1. The van der Waals surface area contributed by atoms with Crippen LogP contribution in [0.25, 0.3) is 22.3 Å². The maximum Gasteiger partial charge on any atom is 0.239 e. The molecular weight excluding hydrogens is 545 g/mol. The lowest BCUT2D eigenvalue weighted by Crippen LogP contribution is -2.42. The van der Waals surface area contributed by atoms with E-state index in [1.165, 1.54) is 12.4 Å². The van der Waals surface area contributed by atoms with Crippen molar-refractivity contribution in [1.82, 2.24) is 15.0 Å². The van der Waals surface area contributed by atoms with Crippen LogP contribution in [-0.4, -0.2) is 68.8 Å². The van der Waals surface area contributed by atoms with Gasteiger partial charge in [-0.1, -0.05) is 12.1 Å². The van der Waals surface area contributed by atoms with E-state index in [2.05, 4.69) is 29.5 Å². The van der Waals surface area contributed by atoms with Crippen LogP contribution in [-0.2, 0) is 14.8 Å². The lowest BCUT2D eigenvalue weighted by Gasteiger charge is -2.33. The predicted molar refractivity (Wildman–Crippen MR) is 159 cm³/mol. The molecule has 2 aromatic carbocycles. The summed E-state index contributed by atoms with van der Waals surface area (Å²) < 4.78 is 50.0. The summed E-state index contributed by atoms with van der Waals surface area (Å²) in [5, 5.41) is -0.0642. The van der Waals surface area contributed by atoms with E-state index in [4.69, 9.17) is 10.5 Å². The molecule has 6 rings (SSSR count). The van der Waals surface area contributed by atoms with Gasteiger partial charge in [-0.2, -0.15) is 0 Å². The number of anilines is 3. The Bertz CT molecular complexity index is 1660. The monoisotopic (exact) mass is 579 g/mol. The van der Waals surface area contributed by atoms with Crippen molar-refractivity contribution >= 4 is 38.2 Å². The number of benzene rings is 2. The molecule has 2 fully saturated rings. The fraction of sp³-hybridized carbons (Fsp3) is 0.379. The number of aromatic nitrogens is 3. The van der Waals surface area contributed by atoms with Gasteiger partial charge in [-0.05, 0) is 61.7 Å². The Balaban J connectivity index is 1.21. The van der Waals surface area contributed by atoms with Gasteiger partial charge in [-0.15, -0.1) is 0 Å². The second kappa shape index (κ2) is 11.3. The minimum Gasteiger partial charge on any atom is -0.378 e. The van der Waals surface area contributed by atoms with Gasteiger partial charge in [-0.25, -0.2) is 22.8 Å². The third-order valence-electron chi connectivity index (χ3n) is 7.86. The summed E-state index contributed by atoms with van der Waals surface area (Å²) in [5.41, 5.74) is 9.34. The molecule has 12 heteroatoms. The van der Waals surface area contributed by atoms with Crippen molar-refractivity contribution < 1.29 is 17.5 Å². The maximum absolute atomic E-state index is 15.4. The van der Waals surface area contributed by atoms with Gasteiger partial charge in [0.05, 0.1) is 30.0 Å². The van der Waals surface area contributed by atoms with E-state index in [-0.39, 0.29) is 11.7 Å². The van der Waals surface area contributed by atoms with Crippen molar-refractivity contribution in [2.24, 2.45) is 5.73 Å². The third-order valence-corrected chi connectivity index (χ3v) is 9.59. The van der Waals surface area contributed by atoms with E-state index >= 15 is 4.39 Å². The molecule has 41 heavy (non-hydrogen) atoms. The number of nitrogens with zero attached hydrogens (tertiary/aromatic N) is 4. The van der Waals surface area contributed by atoms with Gasteiger partial charge in [0.25, 0.3) is 0 Å². The summed E-state index contributed by atoms with van der Waals surface area (Å²) in [6.45, 7) is 5.92. The van der Waals surface area contributed by atoms with Gasteiger partial charge in [0.2, 0.25) is 10.0 Å². The van der Waals surface area contributed by atoms with Crippen LogP contribution in [0.15, 0.2) is 54.9 Å². The molecule has 0 spiro atoms. The highest BCUT2D eigenvalue weighted by molar-refractivity contribution is 7.92. The van der Waals surface area contributed by atoms with Gasteiger partial charge in [0.15, 0.2) is 0 Å². The molecule has 4 heterocycles. The van der Waals surface area contributed by atoms with Gasteiger partial charge in [0, 0.05) is 43.5 Å². The zero-order valence-electron chi connectivity index (χ0n) is 22.9. The predicted octanol–water partition coefficient (Wildman–Crippen LogP) is 4.03. The van der Waals surface area contributed by atoms with Crippen molar-refractivity contribution in [3.63, 3.8) is 0 Å². The average molecular weight is 580 g/mol. The number of morpholine rings is 1. The number of halogens is 1. The van der Waals surface area contributed by atoms with Crippen LogP contribution in [0.4, 0.5) is 21.6 Å². The van der Waals surface area contributed by atoms with Crippen molar-refractivity contribution in [2.75, 3.05) is 53.9 Å². The van der Waals surface area contributed by atoms with E-state index in [9.17, 15) is 8.42 Å². The Morgan fingerprint density at radius 1 is 1.10 bits per heavy atom. The summed E-state index contributed by atoms with van der Waals surface area (Å²) in [4.78, 5) is 16.3. The standard InChI is InChI=1S/C29H34FN7O3S/c1-19(20-4-2-6-23(14-20)37-9-3-5-21(31)17-37)41(38,39)35-22-7-8-24(26(30)15-22)27-16-25-28(34-27)32-18-33-29(25)36-10-12-40-13-11-36/h2,4,6-8,14-16,18-19,21,35H,3,5,9-13,17,31H2,1H3,(H,32,33,34). The van der Waals surface area contributed by atoms with Crippen LogP contribution < -0.4 is 20.3 Å². The summed E-state index contributed by atoms with van der Waals surface area (Å²) >= 11 is 0. The van der Waals surface area contributed by atoms with E-state index in [0.717, 1.165) is 42.8 Å². The van der Waals surface area contributed by atoms with Crippen LogP contribution in [0.3, 0.4) is 0 Å². The average Bonchev–Trinajstić information content (AvgIpc) is 3.41. The van der Waals surface area contributed by atoms with Crippen molar-refractivity contribution in [3.05, 3.63) is 66.2 Å². The van der Waals surface area contributed by atoms with Gasteiger partial charge in [0.1, 0.15) is 28.9 Å². The SMILES string of the molecule is CC(c1cccc(N2CCCC(N)C2)c1)S(=O)(=O)Nc1ccc(-c2cc3c(N4CCOCC4)ncnc3[nH]2)c(F)c1. The number of rotatable bonds is 7. The normalized spacial score (nSPS) is 19.0. The molecule has 4 N–H and O–H groups in total. The van der Waals surface area contributed by atoms with Crippen LogP contribution >= 0.6 is 0 Å². The highest BCUT2D eigenvalue weighted by Crippen LogP contribution is 2.33. The van der Waals surface area contributed by atoms with Gasteiger partial charge < -0.3 is 25.3 Å². The molecule has 0 amide bonds. The molecule has 2 aliphatic rings. The summed E-state index contributed by atoms with van der Waals surface area (Å²) in [6, 6.07) is 13.8. The number of nitrogens with one attached hydrogen (secondary N) is 2. The summed E-state index contributed by atoms with van der Waals surface area (Å²) in [7, 11) is -3.86. The van der Waals surface area contributed by atoms with Crippen LogP contribution in [0.1, 0.15) is 30.6 Å². The Labute approximate surface area is 238 Å². The minimum atomic E-state index is -3.86.